The van der Waals surface area contributed by atoms with E-state index in [4.69, 9.17) is 71.1 Å². The van der Waals surface area contributed by atoms with E-state index in [2.05, 4.69) is 28.2 Å². The number of ketones is 1. The van der Waals surface area contributed by atoms with E-state index >= 15 is 0 Å². The molecule has 0 bridgehead atoms. The number of hydrogen-bond donors (Lipinski definition) is 4. The van der Waals surface area contributed by atoms with Crippen LogP contribution in [0.2, 0.25) is 0 Å². The first-order chi connectivity index (χ1) is 50.5. The molecule has 1 saturated carbocycles. The first kappa shape index (κ1) is 83.7. The fourth-order valence-electron chi connectivity index (χ4n) is 12.9. The standard InChI is InChI=1S/C76H96N4O25.CH4/c1-9-11-16-33-56-34-35-57(79-75(89)93-43-53-29-21-14-22-30-53)70(100-56)103-63-45(3)38-55(39-58(86)60(95-46(4)81)36-37-77-73(87)91-41-51-25-17-12-18-26-51)64(96-47(5)82)68(63)105-72-69(99-50(8)85)65(59(10-2)101-72)104-71-62(80-76(90)94-44-54-31-23-15-24-32-54)67(98-49(7)84)66(97-48(6)83)61(102-71)40-78-74(88)92-42-52-27-19-13-20-28-52;/h12-15,17-32,34-35,45,55-57,59-72H,9-11,16,33,36-44H2,1-8H3,(H,77,87)(H,78,88)(H,79,89)(H,80,90);1H4/t45-,55-,56+,57+,59+,60-,61-,62+,63+,64-,65+,66+,67+,68-,69+,70+,71+,72-;/m0./s1. The Hall–Kier alpha value is -9.52. The van der Waals surface area contributed by atoms with Gasteiger partial charge < -0.3 is 92.3 Å². The van der Waals surface area contributed by atoms with Gasteiger partial charge in [-0.25, -0.2) is 19.2 Å². The van der Waals surface area contributed by atoms with E-state index in [9.17, 15) is 47.9 Å². The normalized spacial score (nSPS) is 26.1. The molecule has 29 nitrogen and oxygen atoms in total. The summed E-state index contributed by atoms with van der Waals surface area (Å²) in [6.07, 6.45) is -17.5. The number of amides is 4. The van der Waals surface area contributed by atoms with Crippen molar-refractivity contribution in [3.8, 4) is 0 Å². The zero-order valence-corrected chi connectivity index (χ0v) is 60.2. The molecule has 0 radical (unpaired) electrons. The molecule has 578 valence electrons. The quantitative estimate of drug-likeness (QED) is 0.0146. The van der Waals surface area contributed by atoms with E-state index < -0.39 is 183 Å². The molecule has 0 spiro atoms. The summed E-state index contributed by atoms with van der Waals surface area (Å²) in [4.78, 5) is 136. The highest BCUT2D eigenvalue weighted by molar-refractivity contribution is 5.85. The van der Waals surface area contributed by atoms with Crippen molar-refractivity contribution in [2.45, 2.75) is 239 Å². The highest BCUT2D eigenvalue weighted by Crippen LogP contribution is 2.43. The van der Waals surface area contributed by atoms with Gasteiger partial charge >= 0.3 is 54.2 Å². The molecular formula is C77H100N4O25. The Morgan fingerprint density at radius 1 is 0.472 bits per heavy atom. The van der Waals surface area contributed by atoms with Gasteiger partial charge in [0.2, 0.25) is 0 Å². The summed E-state index contributed by atoms with van der Waals surface area (Å²) in [6.45, 7) is 9.93. The molecule has 3 heterocycles. The third-order valence-electron chi connectivity index (χ3n) is 17.6. The highest BCUT2D eigenvalue weighted by atomic mass is 16.8. The van der Waals surface area contributed by atoms with E-state index in [1.807, 2.05) is 18.2 Å². The minimum atomic E-state index is -1.82. The molecular weight excluding hydrogens is 1380 g/mol. The maximum Gasteiger partial charge on any atom is 0.408 e. The molecule has 3 fully saturated rings. The topological polar surface area (TPSA) is 357 Å². The number of carbonyl (C=O) groups excluding carboxylic acids is 10. The summed E-state index contributed by atoms with van der Waals surface area (Å²) in [5.41, 5.74) is 2.71. The van der Waals surface area contributed by atoms with Crippen molar-refractivity contribution in [3.63, 3.8) is 0 Å². The molecule has 0 aromatic heterocycles. The number of unbranched alkanes of at least 4 members (excludes halogenated alkanes) is 2. The van der Waals surface area contributed by atoms with Crippen molar-refractivity contribution in [2.75, 3.05) is 13.1 Å². The van der Waals surface area contributed by atoms with Gasteiger partial charge in [0.05, 0.1) is 24.9 Å². The van der Waals surface area contributed by atoms with Crippen molar-refractivity contribution in [1.82, 2.24) is 21.3 Å². The van der Waals surface area contributed by atoms with Crippen molar-refractivity contribution in [1.29, 1.82) is 0 Å². The Labute approximate surface area is 617 Å². The molecule has 8 rings (SSSR count). The number of esters is 5. The zero-order chi connectivity index (χ0) is 75.4. The van der Waals surface area contributed by atoms with Crippen molar-refractivity contribution in [3.05, 3.63) is 156 Å². The summed E-state index contributed by atoms with van der Waals surface area (Å²) in [5.74, 6) is -6.62. The fraction of sp³-hybridized carbons (Fsp3) is 0.532. The lowest BCUT2D eigenvalue weighted by atomic mass is 9.73. The SMILES string of the molecule is C.CCCCC[C@@H]1C=C[C@@H](NC(=O)OCc2ccccc2)[C@@H](O[C@H]2[C@H](O[C@@H]3O[C@H](CC)[C@@H](O[C@H]4O[C@@H](CNC(=O)OCc5ccccc5)[C@@H](OC(C)=O)[C@H](OC(C)=O)[C@H]4NC(=O)OCc4ccccc4)[C@H]3OC(C)=O)[C@@H](OC(C)=O)[C@H](CC(=O)[C@H](CCNC(=O)OCc3ccccc3)OC(C)=O)C[C@@H]2C)O1. The van der Waals surface area contributed by atoms with Gasteiger partial charge in [0, 0.05) is 59.9 Å². The molecule has 4 amide bonds. The number of hydrogen-bond acceptors (Lipinski definition) is 25. The average Bonchev–Trinajstić information content (AvgIpc) is 1.39. The van der Waals surface area contributed by atoms with E-state index in [0.717, 1.165) is 65.0 Å². The summed E-state index contributed by atoms with van der Waals surface area (Å²) in [7, 11) is 0. The van der Waals surface area contributed by atoms with Crippen LogP contribution in [0.5, 0.6) is 0 Å². The summed E-state index contributed by atoms with van der Waals surface area (Å²) >= 11 is 0. The number of carbonyl (C=O) groups is 10. The van der Waals surface area contributed by atoms with Gasteiger partial charge in [-0.3, -0.25) is 28.8 Å². The summed E-state index contributed by atoms with van der Waals surface area (Å²) in [5, 5.41) is 10.8. The number of ether oxygens (including phenoxy) is 15. The lowest BCUT2D eigenvalue weighted by molar-refractivity contribution is -0.296. The van der Waals surface area contributed by atoms with Crippen LogP contribution in [-0.2, 0) is 126 Å². The predicted octanol–water partition coefficient (Wildman–Crippen LogP) is 9.61. The predicted molar refractivity (Wildman–Crippen MR) is 377 cm³/mol. The van der Waals surface area contributed by atoms with Gasteiger partial charge in [0.15, 0.2) is 49.1 Å². The maximum absolute atomic E-state index is 14.8. The van der Waals surface area contributed by atoms with Crippen LogP contribution >= 0.6 is 0 Å². The van der Waals surface area contributed by atoms with Crippen LogP contribution in [-0.4, -0.2) is 171 Å². The Bertz CT molecular complexity index is 3500. The second-order valence-electron chi connectivity index (χ2n) is 25.9. The first-order valence-electron chi connectivity index (χ1n) is 35.4. The molecule has 1 aliphatic carbocycles. The molecule has 3 aliphatic heterocycles. The Morgan fingerprint density at radius 3 is 1.46 bits per heavy atom. The minimum Gasteiger partial charge on any atom is -0.459 e. The van der Waals surface area contributed by atoms with E-state index in [1.165, 1.54) is 0 Å². The third kappa shape index (κ3) is 26.2. The van der Waals surface area contributed by atoms with Gasteiger partial charge in [-0.2, -0.15) is 0 Å². The molecule has 4 aromatic rings. The van der Waals surface area contributed by atoms with Crippen LogP contribution in [0.4, 0.5) is 19.2 Å². The molecule has 106 heavy (non-hydrogen) atoms. The summed E-state index contributed by atoms with van der Waals surface area (Å²) < 4.78 is 93.2. The Balaban J connectivity index is 0.0000157. The molecule has 29 heteroatoms. The zero-order valence-electron chi connectivity index (χ0n) is 60.2. The van der Waals surface area contributed by atoms with Crippen LogP contribution in [0.1, 0.15) is 136 Å². The largest absolute Gasteiger partial charge is 0.459 e. The van der Waals surface area contributed by atoms with Gasteiger partial charge in [-0.05, 0) is 47.4 Å². The second kappa shape index (κ2) is 42.6. The molecule has 18 atom stereocenters. The highest BCUT2D eigenvalue weighted by Gasteiger charge is 2.58. The van der Waals surface area contributed by atoms with E-state index in [-0.39, 0.29) is 59.7 Å². The second-order valence-corrected chi connectivity index (χ2v) is 25.9. The lowest BCUT2D eigenvalue weighted by Gasteiger charge is -2.47. The van der Waals surface area contributed by atoms with Crippen molar-refractivity contribution >= 4 is 60.0 Å². The van der Waals surface area contributed by atoms with Crippen molar-refractivity contribution in [2.24, 2.45) is 11.8 Å². The van der Waals surface area contributed by atoms with E-state index in [1.54, 1.807) is 129 Å². The van der Waals surface area contributed by atoms with Crippen LogP contribution in [0, 0.1) is 11.8 Å². The first-order valence-corrected chi connectivity index (χ1v) is 35.4. The lowest BCUT2D eigenvalue weighted by Crippen LogP contribution is -2.68. The molecule has 0 unspecified atom stereocenters. The van der Waals surface area contributed by atoms with Crippen LogP contribution in [0.15, 0.2) is 133 Å². The summed E-state index contributed by atoms with van der Waals surface area (Å²) in [6, 6.07) is 32.8. The van der Waals surface area contributed by atoms with Gasteiger partial charge in [0.25, 0.3) is 0 Å². The van der Waals surface area contributed by atoms with Gasteiger partial charge in [-0.1, -0.05) is 181 Å². The molecule has 2 saturated heterocycles. The van der Waals surface area contributed by atoms with Crippen LogP contribution < -0.4 is 21.3 Å². The van der Waals surface area contributed by atoms with Gasteiger partial charge in [-0.15, -0.1) is 0 Å². The monoisotopic (exact) mass is 1480 g/mol. The number of rotatable bonds is 34. The smallest absolute Gasteiger partial charge is 0.408 e. The number of Topliss-reactive ketones (excluding diaryl/α,β-unsaturated/α-hetero) is 1. The average molecular weight is 1480 g/mol. The van der Waals surface area contributed by atoms with E-state index in [0.29, 0.717) is 17.5 Å². The molecule has 4 aliphatic rings. The van der Waals surface area contributed by atoms with Gasteiger partial charge in [0.1, 0.15) is 62.9 Å². The number of alkyl carbamates (subject to hydrolysis) is 4. The number of nitrogens with one attached hydrogen (secondary N) is 4. The third-order valence-corrected chi connectivity index (χ3v) is 17.6. The van der Waals surface area contributed by atoms with Crippen molar-refractivity contribution < 1.29 is 119 Å². The number of benzene rings is 4. The minimum absolute atomic E-state index is 0. The van der Waals surface area contributed by atoms with Crippen LogP contribution in [0.25, 0.3) is 0 Å². The molecule has 4 aromatic carbocycles. The fourth-order valence-corrected chi connectivity index (χ4v) is 12.9. The maximum atomic E-state index is 14.8. The Kier molecular flexibility index (Phi) is 33.6. The van der Waals surface area contributed by atoms with Crippen LogP contribution in [0.3, 0.4) is 0 Å². The Morgan fingerprint density at radius 2 is 0.943 bits per heavy atom. The molecule has 4 N–H and O–H groups in total.